The van der Waals surface area contributed by atoms with E-state index in [-0.39, 0.29) is 16.7 Å². The van der Waals surface area contributed by atoms with Gasteiger partial charge < -0.3 is 14.2 Å². The summed E-state index contributed by atoms with van der Waals surface area (Å²) in [5.74, 6) is 1.95. The number of rotatable bonds is 8. The SMILES string of the molecule is COc1ccc(CN2CCN([C@@H](C)c3cccc([N+](=O)[O-])c3)CC2)c(OC)c1OC. The first kappa shape index (κ1) is 21.9. The zero-order valence-electron chi connectivity index (χ0n) is 18.0. The van der Waals surface area contributed by atoms with Crippen molar-refractivity contribution in [2.24, 2.45) is 0 Å². The third-order valence-electron chi connectivity index (χ3n) is 5.70. The van der Waals surface area contributed by atoms with Gasteiger partial charge in [0.1, 0.15) is 0 Å². The third-order valence-corrected chi connectivity index (χ3v) is 5.70. The van der Waals surface area contributed by atoms with Gasteiger partial charge in [0.05, 0.1) is 26.3 Å². The molecule has 8 nitrogen and oxygen atoms in total. The molecule has 1 heterocycles. The van der Waals surface area contributed by atoms with Crippen molar-refractivity contribution in [1.82, 2.24) is 9.80 Å². The Hall–Kier alpha value is -2.84. The van der Waals surface area contributed by atoms with Gasteiger partial charge in [0.25, 0.3) is 5.69 Å². The van der Waals surface area contributed by atoms with Crippen LogP contribution in [0, 0.1) is 10.1 Å². The van der Waals surface area contributed by atoms with E-state index in [1.807, 2.05) is 18.2 Å². The summed E-state index contributed by atoms with van der Waals surface area (Å²) < 4.78 is 16.5. The van der Waals surface area contributed by atoms with Gasteiger partial charge >= 0.3 is 0 Å². The van der Waals surface area contributed by atoms with E-state index in [9.17, 15) is 10.1 Å². The molecule has 0 bridgehead atoms. The lowest BCUT2D eigenvalue weighted by Gasteiger charge is -2.38. The van der Waals surface area contributed by atoms with Crippen LogP contribution in [-0.2, 0) is 6.54 Å². The molecule has 162 valence electrons. The Bertz CT molecular complexity index is 881. The van der Waals surface area contributed by atoms with E-state index in [2.05, 4.69) is 16.7 Å². The summed E-state index contributed by atoms with van der Waals surface area (Å²) in [6, 6.07) is 11.0. The van der Waals surface area contributed by atoms with E-state index in [1.165, 1.54) is 6.07 Å². The molecule has 0 aromatic heterocycles. The maximum atomic E-state index is 11.1. The van der Waals surface area contributed by atoms with Gasteiger partial charge in [0, 0.05) is 56.5 Å². The van der Waals surface area contributed by atoms with Gasteiger partial charge in [-0.25, -0.2) is 0 Å². The first-order valence-electron chi connectivity index (χ1n) is 9.97. The van der Waals surface area contributed by atoms with Crippen LogP contribution >= 0.6 is 0 Å². The number of piperazine rings is 1. The lowest BCUT2D eigenvalue weighted by molar-refractivity contribution is -0.385. The van der Waals surface area contributed by atoms with Crippen LogP contribution in [0.15, 0.2) is 36.4 Å². The minimum absolute atomic E-state index is 0.127. The molecule has 1 fully saturated rings. The number of methoxy groups -OCH3 is 3. The number of benzene rings is 2. The van der Waals surface area contributed by atoms with Crippen molar-refractivity contribution >= 4 is 5.69 Å². The number of nitro groups is 1. The molecule has 1 aliphatic rings. The minimum Gasteiger partial charge on any atom is -0.493 e. The van der Waals surface area contributed by atoms with Crippen LogP contribution < -0.4 is 14.2 Å². The number of ether oxygens (including phenoxy) is 3. The molecule has 1 aliphatic heterocycles. The summed E-state index contributed by atoms with van der Waals surface area (Å²) in [5.41, 5.74) is 2.16. The van der Waals surface area contributed by atoms with Crippen molar-refractivity contribution in [3.8, 4) is 17.2 Å². The molecule has 1 saturated heterocycles. The fraction of sp³-hybridized carbons (Fsp3) is 0.455. The molecule has 1 atom stereocenters. The predicted octanol–water partition coefficient (Wildman–Crippen LogP) is 3.50. The molecule has 0 spiro atoms. The standard InChI is InChI=1S/C22H29N3O5/c1-16(17-6-5-7-19(14-17)25(26)27)24-12-10-23(11-13-24)15-18-8-9-20(28-2)22(30-4)21(18)29-3/h5-9,14,16H,10-13,15H2,1-4H3/t16-/m0/s1. The van der Waals surface area contributed by atoms with E-state index in [0.717, 1.165) is 43.9 Å². The Labute approximate surface area is 177 Å². The van der Waals surface area contributed by atoms with Gasteiger partial charge in [-0.05, 0) is 18.6 Å². The van der Waals surface area contributed by atoms with Gasteiger partial charge in [-0.1, -0.05) is 18.2 Å². The molecule has 3 rings (SSSR count). The zero-order chi connectivity index (χ0) is 21.7. The highest BCUT2D eigenvalue weighted by Gasteiger charge is 2.25. The highest BCUT2D eigenvalue weighted by molar-refractivity contribution is 5.55. The Morgan fingerprint density at radius 2 is 1.70 bits per heavy atom. The van der Waals surface area contributed by atoms with Crippen molar-refractivity contribution < 1.29 is 19.1 Å². The molecule has 2 aromatic rings. The Kier molecular flexibility index (Phi) is 7.12. The van der Waals surface area contributed by atoms with E-state index < -0.39 is 0 Å². The predicted molar refractivity (Wildman–Crippen MR) is 114 cm³/mol. The van der Waals surface area contributed by atoms with Crippen molar-refractivity contribution in [2.75, 3.05) is 47.5 Å². The van der Waals surface area contributed by atoms with Gasteiger partial charge in [-0.15, -0.1) is 0 Å². The summed E-state index contributed by atoms with van der Waals surface area (Å²) in [7, 11) is 4.86. The topological polar surface area (TPSA) is 77.3 Å². The van der Waals surface area contributed by atoms with Crippen LogP contribution in [0.3, 0.4) is 0 Å². The molecule has 8 heteroatoms. The van der Waals surface area contributed by atoms with E-state index >= 15 is 0 Å². The fourth-order valence-corrected chi connectivity index (χ4v) is 3.95. The van der Waals surface area contributed by atoms with Gasteiger partial charge in [0.15, 0.2) is 11.5 Å². The van der Waals surface area contributed by atoms with Crippen molar-refractivity contribution in [1.29, 1.82) is 0 Å². The number of non-ortho nitro benzene ring substituents is 1. The van der Waals surface area contributed by atoms with Crippen molar-refractivity contribution in [2.45, 2.75) is 19.5 Å². The molecular weight excluding hydrogens is 386 g/mol. The van der Waals surface area contributed by atoms with Crippen LogP contribution in [0.25, 0.3) is 0 Å². The molecule has 0 N–H and O–H groups in total. The monoisotopic (exact) mass is 415 g/mol. The second-order valence-electron chi connectivity index (χ2n) is 7.33. The minimum atomic E-state index is -0.343. The van der Waals surface area contributed by atoms with Crippen molar-refractivity contribution in [3.05, 3.63) is 57.6 Å². The van der Waals surface area contributed by atoms with E-state index in [0.29, 0.717) is 17.2 Å². The Morgan fingerprint density at radius 1 is 1.00 bits per heavy atom. The van der Waals surface area contributed by atoms with Crippen LogP contribution in [0.2, 0.25) is 0 Å². The smallest absolute Gasteiger partial charge is 0.269 e. The molecule has 0 saturated carbocycles. The van der Waals surface area contributed by atoms with Crippen LogP contribution in [0.4, 0.5) is 5.69 Å². The highest BCUT2D eigenvalue weighted by atomic mass is 16.6. The highest BCUT2D eigenvalue weighted by Crippen LogP contribution is 2.40. The Morgan fingerprint density at radius 3 is 2.30 bits per heavy atom. The lowest BCUT2D eigenvalue weighted by atomic mass is 10.0. The summed E-state index contributed by atoms with van der Waals surface area (Å²) in [4.78, 5) is 15.5. The van der Waals surface area contributed by atoms with E-state index in [4.69, 9.17) is 14.2 Å². The normalized spacial score (nSPS) is 16.1. The zero-order valence-corrected chi connectivity index (χ0v) is 18.0. The molecule has 0 amide bonds. The average Bonchev–Trinajstić information content (AvgIpc) is 2.78. The first-order valence-corrected chi connectivity index (χ1v) is 9.97. The maximum Gasteiger partial charge on any atom is 0.269 e. The number of hydrogen-bond donors (Lipinski definition) is 0. The van der Waals surface area contributed by atoms with Crippen LogP contribution in [0.5, 0.6) is 17.2 Å². The fourth-order valence-electron chi connectivity index (χ4n) is 3.95. The lowest BCUT2D eigenvalue weighted by Crippen LogP contribution is -2.46. The van der Waals surface area contributed by atoms with E-state index in [1.54, 1.807) is 33.5 Å². The molecule has 30 heavy (non-hydrogen) atoms. The first-order chi connectivity index (χ1) is 14.5. The quantitative estimate of drug-likeness (QED) is 0.482. The van der Waals surface area contributed by atoms with Crippen LogP contribution in [0.1, 0.15) is 24.1 Å². The maximum absolute atomic E-state index is 11.1. The number of nitrogens with zero attached hydrogens (tertiary/aromatic N) is 3. The molecule has 0 radical (unpaired) electrons. The molecule has 0 aliphatic carbocycles. The third kappa shape index (κ3) is 4.66. The largest absolute Gasteiger partial charge is 0.493 e. The molecule has 2 aromatic carbocycles. The van der Waals surface area contributed by atoms with Crippen LogP contribution in [-0.4, -0.2) is 62.2 Å². The molecule has 0 unspecified atom stereocenters. The summed E-state index contributed by atoms with van der Waals surface area (Å²) in [6.45, 7) is 6.43. The average molecular weight is 415 g/mol. The van der Waals surface area contributed by atoms with Gasteiger partial charge in [-0.2, -0.15) is 0 Å². The van der Waals surface area contributed by atoms with Gasteiger partial charge in [-0.3, -0.25) is 19.9 Å². The molecular formula is C22H29N3O5. The number of hydrogen-bond acceptors (Lipinski definition) is 7. The summed E-state index contributed by atoms with van der Waals surface area (Å²) in [6.07, 6.45) is 0. The summed E-state index contributed by atoms with van der Waals surface area (Å²) >= 11 is 0. The van der Waals surface area contributed by atoms with Gasteiger partial charge in [0.2, 0.25) is 5.75 Å². The Balaban J connectivity index is 1.65. The second kappa shape index (κ2) is 9.77. The summed E-state index contributed by atoms with van der Waals surface area (Å²) in [5, 5.41) is 11.1. The van der Waals surface area contributed by atoms with Crippen molar-refractivity contribution in [3.63, 3.8) is 0 Å². The second-order valence-corrected chi connectivity index (χ2v) is 7.33. The number of nitro benzene ring substituents is 1.